The topological polar surface area (TPSA) is 64.3 Å². The van der Waals surface area contributed by atoms with E-state index < -0.39 is 0 Å². The zero-order valence-corrected chi connectivity index (χ0v) is 12.7. The number of nitrogens with one attached hydrogen (secondary N) is 1. The number of hydrogen-bond donors (Lipinski definition) is 2. The van der Waals surface area contributed by atoms with E-state index in [4.69, 9.17) is 10.5 Å². The first-order valence-corrected chi connectivity index (χ1v) is 7.61. The minimum atomic E-state index is -0.264. The van der Waals surface area contributed by atoms with Crippen molar-refractivity contribution in [3.8, 4) is 0 Å². The minimum Gasteiger partial charge on any atom is -0.378 e. The molecule has 0 saturated heterocycles. The van der Waals surface area contributed by atoms with Gasteiger partial charge in [0.2, 0.25) is 5.91 Å². The fourth-order valence-electron chi connectivity index (χ4n) is 2.18. The number of rotatable bonds is 7. The zero-order chi connectivity index (χ0) is 14.3. The molecule has 0 unspecified atom stereocenters. The van der Waals surface area contributed by atoms with Crippen molar-refractivity contribution in [3.05, 3.63) is 0 Å². The second kappa shape index (κ2) is 7.85. The Morgan fingerprint density at radius 1 is 1.32 bits per heavy atom. The Labute approximate surface area is 117 Å². The number of hydrogen-bond acceptors (Lipinski definition) is 3. The van der Waals surface area contributed by atoms with Crippen LogP contribution in [-0.2, 0) is 9.53 Å². The van der Waals surface area contributed by atoms with Crippen molar-refractivity contribution < 1.29 is 9.53 Å². The predicted octanol–water partition coefficient (Wildman–Crippen LogP) is 2.22. The molecule has 1 fully saturated rings. The van der Waals surface area contributed by atoms with E-state index in [9.17, 15) is 4.79 Å². The first-order valence-electron chi connectivity index (χ1n) is 7.61. The van der Waals surface area contributed by atoms with Crippen molar-refractivity contribution >= 4 is 5.91 Å². The largest absolute Gasteiger partial charge is 0.378 e. The summed E-state index contributed by atoms with van der Waals surface area (Å²) in [5.74, 6) is 0.138. The predicted molar refractivity (Wildman–Crippen MR) is 77.9 cm³/mol. The fourth-order valence-corrected chi connectivity index (χ4v) is 2.18. The molecule has 0 aromatic heterocycles. The van der Waals surface area contributed by atoms with Gasteiger partial charge in [-0.3, -0.25) is 4.79 Å². The van der Waals surface area contributed by atoms with Gasteiger partial charge in [0.25, 0.3) is 0 Å². The quantitative estimate of drug-likeness (QED) is 0.697. The third-order valence-corrected chi connectivity index (χ3v) is 4.18. The molecule has 0 radical (unpaired) electrons. The smallest absolute Gasteiger partial charge is 0.225 e. The van der Waals surface area contributed by atoms with Crippen molar-refractivity contribution in [1.29, 1.82) is 0 Å². The first-order chi connectivity index (χ1) is 8.95. The van der Waals surface area contributed by atoms with Gasteiger partial charge in [0.15, 0.2) is 0 Å². The highest BCUT2D eigenvalue weighted by Gasteiger charge is 2.24. The summed E-state index contributed by atoms with van der Waals surface area (Å²) >= 11 is 0. The number of amides is 1. The summed E-state index contributed by atoms with van der Waals surface area (Å²) in [5.41, 5.74) is 5.59. The lowest BCUT2D eigenvalue weighted by atomic mass is 9.89. The first kappa shape index (κ1) is 16.4. The normalized spacial score (nSPS) is 24.2. The molecule has 0 spiro atoms. The van der Waals surface area contributed by atoms with E-state index in [0.717, 1.165) is 45.1 Å². The highest BCUT2D eigenvalue weighted by Crippen LogP contribution is 2.20. The average Bonchev–Trinajstić information content (AvgIpc) is 2.40. The summed E-state index contributed by atoms with van der Waals surface area (Å²) < 4.78 is 5.82. The van der Waals surface area contributed by atoms with Crippen LogP contribution in [0, 0.1) is 5.41 Å². The second-order valence-corrected chi connectivity index (χ2v) is 6.25. The van der Waals surface area contributed by atoms with E-state index in [1.54, 1.807) is 0 Å². The van der Waals surface area contributed by atoms with E-state index in [1.165, 1.54) is 0 Å². The van der Waals surface area contributed by atoms with E-state index in [1.807, 2.05) is 20.8 Å². The van der Waals surface area contributed by atoms with Crippen molar-refractivity contribution in [3.63, 3.8) is 0 Å². The standard InChI is InChI=1S/C15H30N2O2/c1-4-15(2,3)14(18)17-10-5-11-19-13-8-6-12(16)7-9-13/h12-13H,4-11,16H2,1-3H3,(H,17,18). The lowest BCUT2D eigenvalue weighted by Crippen LogP contribution is -2.37. The maximum Gasteiger partial charge on any atom is 0.225 e. The summed E-state index contributed by atoms with van der Waals surface area (Å²) in [6.45, 7) is 7.42. The van der Waals surface area contributed by atoms with Crippen molar-refractivity contribution in [2.75, 3.05) is 13.2 Å². The summed E-state index contributed by atoms with van der Waals surface area (Å²) in [7, 11) is 0. The molecule has 112 valence electrons. The fraction of sp³-hybridized carbons (Fsp3) is 0.933. The maximum absolute atomic E-state index is 11.8. The summed E-state index contributed by atoms with van der Waals surface area (Å²) in [5, 5.41) is 2.98. The molecule has 1 aliphatic carbocycles. The van der Waals surface area contributed by atoms with Gasteiger partial charge in [-0.15, -0.1) is 0 Å². The van der Waals surface area contributed by atoms with Crippen LogP contribution in [-0.4, -0.2) is 31.2 Å². The Bertz CT molecular complexity index is 271. The number of nitrogens with two attached hydrogens (primary N) is 1. The van der Waals surface area contributed by atoms with E-state index in [2.05, 4.69) is 5.32 Å². The molecule has 0 atom stereocenters. The van der Waals surface area contributed by atoms with Gasteiger partial charge in [-0.1, -0.05) is 20.8 Å². The summed E-state index contributed by atoms with van der Waals surface area (Å²) in [6, 6.07) is 0.371. The van der Waals surface area contributed by atoms with E-state index >= 15 is 0 Å². The monoisotopic (exact) mass is 270 g/mol. The van der Waals surface area contributed by atoms with E-state index in [-0.39, 0.29) is 11.3 Å². The molecule has 4 heteroatoms. The number of carbonyl (C=O) groups is 1. The molecule has 0 aliphatic heterocycles. The number of ether oxygens (including phenoxy) is 1. The van der Waals surface area contributed by atoms with Crippen LogP contribution in [0.25, 0.3) is 0 Å². The van der Waals surface area contributed by atoms with Crippen LogP contribution < -0.4 is 11.1 Å². The van der Waals surface area contributed by atoms with Crippen LogP contribution in [0.3, 0.4) is 0 Å². The maximum atomic E-state index is 11.8. The highest BCUT2D eigenvalue weighted by atomic mass is 16.5. The molecule has 4 nitrogen and oxygen atoms in total. The molecule has 0 aromatic rings. The van der Waals surface area contributed by atoms with E-state index in [0.29, 0.717) is 18.7 Å². The van der Waals surface area contributed by atoms with Crippen LogP contribution in [0.1, 0.15) is 59.3 Å². The van der Waals surface area contributed by atoms with Crippen LogP contribution in [0.15, 0.2) is 0 Å². The Morgan fingerprint density at radius 2 is 1.95 bits per heavy atom. The minimum absolute atomic E-state index is 0.138. The van der Waals surface area contributed by atoms with Crippen LogP contribution >= 0.6 is 0 Å². The molecule has 1 amide bonds. The van der Waals surface area contributed by atoms with Gasteiger partial charge in [0.1, 0.15) is 0 Å². The SMILES string of the molecule is CCC(C)(C)C(=O)NCCCOC1CCC(N)CC1. The van der Waals surface area contributed by atoms with Gasteiger partial charge in [-0.2, -0.15) is 0 Å². The summed E-state index contributed by atoms with van der Waals surface area (Å²) in [6.07, 6.45) is 6.43. The molecule has 1 aliphatic rings. The van der Waals surface area contributed by atoms with Gasteiger partial charge in [-0.25, -0.2) is 0 Å². The van der Waals surface area contributed by atoms with Crippen LogP contribution in [0.4, 0.5) is 0 Å². The third kappa shape index (κ3) is 5.91. The molecule has 0 bridgehead atoms. The molecular weight excluding hydrogens is 240 g/mol. The molecule has 1 rings (SSSR count). The van der Waals surface area contributed by atoms with Crippen molar-refractivity contribution in [1.82, 2.24) is 5.32 Å². The molecular formula is C15H30N2O2. The highest BCUT2D eigenvalue weighted by molar-refractivity contribution is 5.81. The third-order valence-electron chi connectivity index (χ3n) is 4.18. The Morgan fingerprint density at radius 3 is 2.53 bits per heavy atom. The number of carbonyl (C=O) groups excluding carboxylic acids is 1. The van der Waals surface area contributed by atoms with Gasteiger partial charge < -0.3 is 15.8 Å². The Balaban J connectivity index is 2.04. The molecule has 0 heterocycles. The lowest BCUT2D eigenvalue weighted by molar-refractivity contribution is -0.129. The Hall–Kier alpha value is -0.610. The second-order valence-electron chi connectivity index (χ2n) is 6.25. The molecule has 19 heavy (non-hydrogen) atoms. The van der Waals surface area contributed by atoms with Gasteiger partial charge >= 0.3 is 0 Å². The van der Waals surface area contributed by atoms with Gasteiger partial charge in [0.05, 0.1) is 6.10 Å². The molecule has 1 saturated carbocycles. The average molecular weight is 270 g/mol. The zero-order valence-electron chi connectivity index (χ0n) is 12.7. The molecule has 3 N–H and O–H groups in total. The Kier molecular flexibility index (Phi) is 6.80. The van der Waals surface area contributed by atoms with Gasteiger partial charge in [0, 0.05) is 24.6 Å². The molecule has 0 aromatic carbocycles. The lowest BCUT2D eigenvalue weighted by Gasteiger charge is -2.26. The van der Waals surface area contributed by atoms with Gasteiger partial charge in [-0.05, 0) is 38.5 Å². The van der Waals surface area contributed by atoms with Crippen LogP contribution in [0.5, 0.6) is 0 Å². The van der Waals surface area contributed by atoms with Crippen molar-refractivity contribution in [2.24, 2.45) is 11.1 Å². The van der Waals surface area contributed by atoms with Crippen LogP contribution in [0.2, 0.25) is 0 Å². The summed E-state index contributed by atoms with van der Waals surface area (Å²) in [4.78, 5) is 11.8. The van der Waals surface area contributed by atoms with Crippen molar-refractivity contribution in [2.45, 2.75) is 71.4 Å².